The highest BCUT2D eigenvalue weighted by Crippen LogP contribution is 2.28. The van der Waals surface area contributed by atoms with E-state index in [1.165, 1.54) is 0 Å². The summed E-state index contributed by atoms with van der Waals surface area (Å²) in [6, 6.07) is 13.0. The van der Waals surface area contributed by atoms with Crippen molar-refractivity contribution in [1.82, 2.24) is 10.6 Å². The molecular formula is C19H20N2O4S. The van der Waals surface area contributed by atoms with Crippen molar-refractivity contribution in [3.05, 3.63) is 59.2 Å². The first-order valence-corrected chi connectivity index (χ1v) is 8.92. The van der Waals surface area contributed by atoms with Gasteiger partial charge in [-0.2, -0.15) is 0 Å². The fraction of sp³-hybridized carbons (Fsp3) is 0.211. The van der Waals surface area contributed by atoms with E-state index in [1.54, 1.807) is 25.6 Å². The van der Waals surface area contributed by atoms with Crippen LogP contribution < -0.4 is 20.1 Å². The predicted molar refractivity (Wildman–Crippen MR) is 101 cm³/mol. The predicted octanol–water partition coefficient (Wildman–Crippen LogP) is 4.02. The molecule has 26 heavy (non-hydrogen) atoms. The molecule has 0 aliphatic rings. The third kappa shape index (κ3) is 4.37. The summed E-state index contributed by atoms with van der Waals surface area (Å²) in [5, 5.41) is 7.59. The maximum Gasteiger partial charge on any atom is 0.315 e. The number of rotatable bonds is 7. The molecule has 0 bridgehead atoms. The molecule has 0 fully saturated rings. The highest BCUT2D eigenvalue weighted by Gasteiger charge is 2.08. The maximum atomic E-state index is 12.0. The summed E-state index contributed by atoms with van der Waals surface area (Å²) in [6.45, 7) is 0.702. The van der Waals surface area contributed by atoms with Crippen molar-refractivity contribution >= 4 is 17.4 Å². The SMILES string of the molecule is COc1ccc(CNC(=O)NCc2ccc(-c3cccs3)o2)cc1OC. The molecule has 3 aromatic rings. The van der Waals surface area contributed by atoms with Crippen LogP contribution in [-0.2, 0) is 13.1 Å². The Morgan fingerprint density at radius 2 is 1.85 bits per heavy atom. The monoisotopic (exact) mass is 372 g/mol. The average Bonchev–Trinajstić information content (AvgIpc) is 3.35. The smallest absolute Gasteiger partial charge is 0.315 e. The highest BCUT2D eigenvalue weighted by atomic mass is 32.1. The Labute approximate surface area is 155 Å². The number of nitrogens with one attached hydrogen (secondary N) is 2. The summed E-state index contributed by atoms with van der Waals surface area (Å²) in [6.07, 6.45) is 0. The topological polar surface area (TPSA) is 72.7 Å². The summed E-state index contributed by atoms with van der Waals surface area (Å²) in [5.41, 5.74) is 0.913. The second kappa shape index (κ2) is 8.44. The third-order valence-corrected chi connectivity index (χ3v) is 4.63. The lowest BCUT2D eigenvalue weighted by molar-refractivity contribution is 0.239. The van der Waals surface area contributed by atoms with E-state index in [-0.39, 0.29) is 6.03 Å². The van der Waals surface area contributed by atoms with Crippen molar-refractivity contribution in [2.75, 3.05) is 14.2 Å². The number of hydrogen-bond donors (Lipinski definition) is 2. The number of hydrogen-bond acceptors (Lipinski definition) is 5. The molecule has 3 rings (SSSR count). The highest BCUT2D eigenvalue weighted by molar-refractivity contribution is 7.13. The van der Waals surface area contributed by atoms with Crippen LogP contribution in [0.1, 0.15) is 11.3 Å². The number of carbonyl (C=O) groups is 1. The van der Waals surface area contributed by atoms with Crippen LogP contribution in [-0.4, -0.2) is 20.3 Å². The van der Waals surface area contributed by atoms with Crippen LogP contribution in [0.15, 0.2) is 52.3 Å². The van der Waals surface area contributed by atoms with E-state index in [4.69, 9.17) is 13.9 Å². The molecular weight excluding hydrogens is 352 g/mol. The summed E-state index contributed by atoms with van der Waals surface area (Å²) in [7, 11) is 3.16. The lowest BCUT2D eigenvalue weighted by Crippen LogP contribution is -2.34. The Hall–Kier alpha value is -2.93. The lowest BCUT2D eigenvalue weighted by atomic mass is 10.2. The molecule has 0 saturated carbocycles. The van der Waals surface area contributed by atoms with E-state index in [0.717, 1.165) is 16.2 Å². The number of methoxy groups -OCH3 is 2. The van der Waals surface area contributed by atoms with Crippen molar-refractivity contribution in [1.29, 1.82) is 0 Å². The maximum absolute atomic E-state index is 12.0. The third-order valence-electron chi connectivity index (χ3n) is 3.75. The molecule has 6 nitrogen and oxygen atoms in total. The van der Waals surface area contributed by atoms with Gasteiger partial charge in [0.25, 0.3) is 0 Å². The first-order chi connectivity index (χ1) is 12.7. The van der Waals surface area contributed by atoms with Crippen molar-refractivity contribution in [2.45, 2.75) is 13.1 Å². The Kier molecular flexibility index (Phi) is 5.80. The zero-order chi connectivity index (χ0) is 18.4. The van der Waals surface area contributed by atoms with Gasteiger partial charge in [-0.15, -0.1) is 11.3 Å². The van der Waals surface area contributed by atoms with Gasteiger partial charge in [0.1, 0.15) is 11.5 Å². The number of benzene rings is 1. The van der Waals surface area contributed by atoms with Gasteiger partial charge in [-0.05, 0) is 41.3 Å². The second-order valence-corrected chi connectivity index (χ2v) is 6.42. The van der Waals surface area contributed by atoms with Gasteiger partial charge in [0.2, 0.25) is 0 Å². The summed E-state index contributed by atoms with van der Waals surface area (Å²) >= 11 is 1.61. The average molecular weight is 372 g/mol. The zero-order valence-electron chi connectivity index (χ0n) is 14.6. The molecule has 2 aromatic heterocycles. The van der Waals surface area contributed by atoms with E-state index in [2.05, 4.69) is 10.6 Å². The van der Waals surface area contributed by atoms with Gasteiger partial charge in [0, 0.05) is 6.54 Å². The molecule has 136 valence electrons. The molecule has 7 heteroatoms. The van der Waals surface area contributed by atoms with E-state index >= 15 is 0 Å². The van der Waals surface area contributed by atoms with Gasteiger partial charge in [0.15, 0.2) is 11.5 Å². The van der Waals surface area contributed by atoms with Crippen molar-refractivity contribution in [3.63, 3.8) is 0 Å². The molecule has 2 heterocycles. The summed E-state index contributed by atoms with van der Waals surface area (Å²) in [4.78, 5) is 13.0. The van der Waals surface area contributed by atoms with E-state index in [1.807, 2.05) is 47.8 Å². The number of amides is 2. The number of furan rings is 1. The summed E-state index contributed by atoms with van der Waals surface area (Å²) < 4.78 is 16.2. The van der Waals surface area contributed by atoms with Crippen LogP contribution in [0.5, 0.6) is 11.5 Å². The minimum atomic E-state index is -0.270. The second-order valence-electron chi connectivity index (χ2n) is 5.47. The Morgan fingerprint density at radius 3 is 2.58 bits per heavy atom. The Balaban J connectivity index is 1.49. The first-order valence-electron chi connectivity index (χ1n) is 8.05. The van der Waals surface area contributed by atoms with Crippen molar-refractivity contribution in [3.8, 4) is 22.1 Å². The summed E-state index contributed by atoms with van der Waals surface area (Å²) in [5.74, 6) is 2.79. The molecule has 0 spiro atoms. The van der Waals surface area contributed by atoms with Crippen LogP contribution in [0.4, 0.5) is 4.79 Å². The molecule has 0 radical (unpaired) electrons. The zero-order valence-corrected chi connectivity index (χ0v) is 15.4. The lowest BCUT2D eigenvalue weighted by Gasteiger charge is -2.10. The molecule has 0 atom stereocenters. The van der Waals surface area contributed by atoms with Crippen molar-refractivity contribution < 1.29 is 18.7 Å². The van der Waals surface area contributed by atoms with Gasteiger partial charge < -0.3 is 24.5 Å². The number of ether oxygens (including phenoxy) is 2. The van der Waals surface area contributed by atoms with Crippen molar-refractivity contribution in [2.24, 2.45) is 0 Å². The minimum absolute atomic E-state index is 0.270. The van der Waals surface area contributed by atoms with Gasteiger partial charge in [0.05, 0.1) is 25.6 Å². The molecule has 2 N–H and O–H groups in total. The van der Waals surface area contributed by atoms with Gasteiger partial charge >= 0.3 is 6.03 Å². The largest absolute Gasteiger partial charge is 0.493 e. The minimum Gasteiger partial charge on any atom is -0.493 e. The molecule has 1 aromatic carbocycles. The van der Waals surface area contributed by atoms with Gasteiger partial charge in [-0.1, -0.05) is 12.1 Å². The van der Waals surface area contributed by atoms with Gasteiger partial charge in [-0.3, -0.25) is 0 Å². The van der Waals surface area contributed by atoms with Crippen LogP contribution in [0.25, 0.3) is 10.6 Å². The Morgan fingerprint density at radius 1 is 1.04 bits per heavy atom. The first kappa shape index (κ1) is 17.9. The van der Waals surface area contributed by atoms with Crippen LogP contribution in [0.2, 0.25) is 0 Å². The van der Waals surface area contributed by atoms with Crippen LogP contribution in [0, 0.1) is 0 Å². The van der Waals surface area contributed by atoms with Crippen LogP contribution >= 0.6 is 11.3 Å². The normalized spacial score (nSPS) is 10.4. The fourth-order valence-corrected chi connectivity index (χ4v) is 3.11. The van der Waals surface area contributed by atoms with Gasteiger partial charge in [-0.25, -0.2) is 4.79 Å². The van der Waals surface area contributed by atoms with E-state index in [0.29, 0.717) is 30.3 Å². The molecule has 0 saturated heterocycles. The molecule has 0 aliphatic carbocycles. The van der Waals surface area contributed by atoms with Crippen LogP contribution in [0.3, 0.4) is 0 Å². The number of carbonyl (C=O) groups excluding carboxylic acids is 1. The molecule has 2 amide bonds. The standard InChI is InChI=1S/C19H20N2O4S/c1-23-15-7-5-13(10-17(15)24-2)11-20-19(22)21-12-14-6-8-16(25-14)18-4-3-9-26-18/h3-10H,11-12H2,1-2H3,(H2,20,21,22). The van der Waals surface area contributed by atoms with E-state index < -0.39 is 0 Å². The fourth-order valence-electron chi connectivity index (χ4n) is 2.43. The molecule has 0 unspecified atom stereocenters. The molecule has 0 aliphatic heterocycles. The van der Waals surface area contributed by atoms with E-state index in [9.17, 15) is 4.79 Å². The Bertz CT molecular complexity index is 858. The number of thiophene rings is 1. The quantitative estimate of drug-likeness (QED) is 0.657. The number of urea groups is 1.